The Morgan fingerprint density at radius 1 is 1.13 bits per heavy atom. The Morgan fingerprint density at radius 2 is 1.84 bits per heavy atom. The van der Waals surface area contributed by atoms with Gasteiger partial charge < -0.3 is 25.2 Å². The van der Waals surface area contributed by atoms with Crippen molar-refractivity contribution in [1.82, 2.24) is 15.5 Å². The van der Waals surface area contributed by atoms with Gasteiger partial charge in [0.25, 0.3) is 0 Å². The van der Waals surface area contributed by atoms with Crippen LogP contribution in [0, 0.1) is 0 Å². The van der Waals surface area contributed by atoms with Gasteiger partial charge in [0, 0.05) is 51.0 Å². The summed E-state index contributed by atoms with van der Waals surface area (Å²) in [6.07, 6.45) is 8.38. The summed E-state index contributed by atoms with van der Waals surface area (Å²) in [5.41, 5.74) is 1.18. The molecule has 2 fully saturated rings. The van der Waals surface area contributed by atoms with Gasteiger partial charge in [0.05, 0.1) is 7.11 Å². The Hall–Kier alpha value is -1.71. The number of anilines is 1. The van der Waals surface area contributed by atoms with E-state index in [0.29, 0.717) is 6.04 Å². The predicted octanol–water partition coefficient (Wildman–Crippen LogP) is 3.24. The topological polar surface area (TPSA) is 69.2 Å². The van der Waals surface area contributed by atoms with Crippen LogP contribution in [0.2, 0.25) is 0 Å². The van der Waals surface area contributed by atoms with Crippen molar-refractivity contribution in [3.63, 3.8) is 0 Å². The molecule has 174 valence electrons. The Kier molecular flexibility index (Phi) is 10.7. The fourth-order valence-electron chi connectivity index (χ4n) is 4.19. The van der Waals surface area contributed by atoms with Crippen molar-refractivity contribution in [3.8, 4) is 5.75 Å². The number of piperidine rings is 1. The lowest BCUT2D eigenvalue weighted by Gasteiger charge is -2.36. The van der Waals surface area contributed by atoms with E-state index < -0.39 is 0 Å². The second-order valence-electron chi connectivity index (χ2n) is 8.56. The maximum absolute atomic E-state index is 12.1. The van der Waals surface area contributed by atoms with E-state index >= 15 is 0 Å². The summed E-state index contributed by atoms with van der Waals surface area (Å²) in [6, 6.07) is 8.97. The van der Waals surface area contributed by atoms with Crippen LogP contribution in [-0.2, 0) is 4.79 Å². The van der Waals surface area contributed by atoms with Gasteiger partial charge in [-0.05, 0) is 37.8 Å². The van der Waals surface area contributed by atoms with Gasteiger partial charge in [0.2, 0.25) is 5.91 Å². The number of hydrogen-bond donors (Lipinski definition) is 2. The van der Waals surface area contributed by atoms with Gasteiger partial charge in [-0.25, -0.2) is 4.99 Å². The van der Waals surface area contributed by atoms with Gasteiger partial charge in [0.1, 0.15) is 12.3 Å². The third-order valence-electron chi connectivity index (χ3n) is 6.00. The minimum atomic E-state index is 0. The number of benzene rings is 1. The van der Waals surface area contributed by atoms with Crippen LogP contribution in [0.15, 0.2) is 29.3 Å². The van der Waals surface area contributed by atoms with E-state index in [1.54, 1.807) is 26.1 Å². The predicted molar refractivity (Wildman–Crippen MR) is 138 cm³/mol. The summed E-state index contributed by atoms with van der Waals surface area (Å²) in [6.45, 7) is 2.11. The Labute approximate surface area is 204 Å². The lowest BCUT2D eigenvalue weighted by atomic mass is 9.96. The monoisotopic (exact) mass is 543 g/mol. The van der Waals surface area contributed by atoms with Crippen LogP contribution in [0.4, 0.5) is 5.69 Å². The fraction of sp³-hybridized carbons (Fsp3) is 0.652. The van der Waals surface area contributed by atoms with E-state index in [1.807, 2.05) is 12.1 Å². The Balaban J connectivity index is 0.00000341. The number of guanidine groups is 1. The number of halogens is 1. The number of carbonyl (C=O) groups is 1. The number of likely N-dealkylation sites (N-methyl/N-ethyl adjacent to an activating group) is 1. The van der Waals surface area contributed by atoms with Crippen LogP contribution in [0.1, 0.15) is 44.9 Å². The lowest BCUT2D eigenvalue weighted by molar-refractivity contribution is -0.127. The van der Waals surface area contributed by atoms with Crippen molar-refractivity contribution in [2.75, 3.05) is 45.7 Å². The average Bonchev–Trinajstić information content (AvgIpc) is 2.78. The number of amides is 1. The van der Waals surface area contributed by atoms with Gasteiger partial charge in [-0.1, -0.05) is 25.3 Å². The minimum absolute atomic E-state index is 0. The summed E-state index contributed by atoms with van der Waals surface area (Å²) in [7, 11) is 5.24. The van der Waals surface area contributed by atoms with Crippen molar-refractivity contribution in [1.29, 1.82) is 0 Å². The third kappa shape index (κ3) is 8.05. The highest BCUT2D eigenvalue weighted by molar-refractivity contribution is 14.0. The number of aliphatic imine (C=N–C) groups is 1. The van der Waals surface area contributed by atoms with Gasteiger partial charge in [-0.2, -0.15) is 0 Å². The molecule has 1 saturated heterocycles. The molecule has 1 aliphatic carbocycles. The number of nitrogens with one attached hydrogen (secondary N) is 2. The summed E-state index contributed by atoms with van der Waals surface area (Å²) in [5, 5.41) is 7.22. The van der Waals surface area contributed by atoms with Gasteiger partial charge in [-0.3, -0.25) is 4.79 Å². The first-order valence-corrected chi connectivity index (χ1v) is 11.2. The van der Waals surface area contributed by atoms with Crippen LogP contribution < -0.4 is 20.3 Å². The van der Waals surface area contributed by atoms with Gasteiger partial charge >= 0.3 is 0 Å². The second kappa shape index (κ2) is 13.0. The third-order valence-corrected chi connectivity index (χ3v) is 6.00. The van der Waals surface area contributed by atoms with E-state index in [9.17, 15) is 4.79 Å². The molecule has 1 aliphatic heterocycles. The quantitative estimate of drug-likeness (QED) is 0.328. The van der Waals surface area contributed by atoms with E-state index in [1.165, 1.54) is 37.8 Å². The number of hydrogen-bond acceptors (Lipinski definition) is 4. The average molecular weight is 543 g/mol. The molecule has 1 heterocycles. The van der Waals surface area contributed by atoms with E-state index in [-0.39, 0.29) is 42.5 Å². The molecule has 1 aromatic carbocycles. The second-order valence-corrected chi connectivity index (χ2v) is 8.56. The Bertz CT molecular complexity index is 722. The largest absolute Gasteiger partial charge is 0.497 e. The zero-order valence-corrected chi connectivity index (χ0v) is 21.4. The van der Waals surface area contributed by atoms with Crippen LogP contribution in [0.3, 0.4) is 0 Å². The first kappa shape index (κ1) is 25.5. The summed E-state index contributed by atoms with van der Waals surface area (Å²) >= 11 is 0. The SMILES string of the molecule is COc1cccc(N2CCCC(NC(=NCC(=O)N(C)C)NC3CCCCC3)C2)c1.I. The van der Waals surface area contributed by atoms with Crippen molar-refractivity contribution < 1.29 is 9.53 Å². The molecule has 0 spiro atoms. The molecule has 1 unspecified atom stereocenters. The maximum atomic E-state index is 12.1. The number of carbonyl (C=O) groups excluding carboxylic acids is 1. The van der Waals surface area contributed by atoms with Crippen LogP contribution in [0.25, 0.3) is 0 Å². The zero-order valence-electron chi connectivity index (χ0n) is 19.1. The molecule has 1 amide bonds. The Morgan fingerprint density at radius 3 is 2.55 bits per heavy atom. The molecule has 7 nitrogen and oxygen atoms in total. The molecule has 1 aromatic rings. The molecule has 3 rings (SSSR count). The summed E-state index contributed by atoms with van der Waals surface area (Å²) < 4.78 is 5.39. The van der Waals surface area contributed by atoms with E-state index in [4.69, 9.17) is 4.74 Å². The fourth-order valence-corrected chi connectivity index (χ4v) is 4.19. The molecule has 0 aromatic heterocycles. The maximum Gasteiger partial charge on any atom is 0.243 e. The number of methoxy groups -OCH3 is 1. The molecular formula is C23H38IN5O2. The van der Waals surface area contributed by atoms with E-state index in [2.05, 4.69) is 32.7 Å². The normalized spacial score (nSPS) is 19.9. The molecule has 8 heteroatoms. The first-order valence-electron chi connectivity index (χ1n) is 11.2. The number of ether oxygens (including phenoxy) is 1. The summed E-state index contributed by atoms with van der Waals surface area (Å²) in [5.74, 6) is 1.67. The molecule has 0 bridgehead atoms. The molecule has 2 N–H and O–H groups in total. The minimum Gasteiger partial charge on any atom is -0.497 e. The molecule has 2 aliphatic rings. The van der Waals surface area contributed by atoms with Crippen molar-refractivity contribution in [2.24, 2.45) is 4.99 Å². The molecule has 31 heavy (non-hydrogen) atoms. The van der Waals surface area contributed by atoms with Gasteiger partial charge in [0.15, 0.2) is 5.96 Å². The van der Waals surface area contributed by atoms with Crippen molar-refractivity contribution in [3.05, 3.63) is 24.3 Å². The smallest absolute Gasteiger partial charge is 0.243 e. The molecule has 0 radical (unpaired) electrons. The standard InChI is InChI=1S/C23H37N5O2.HI/c1-27(2)22(29)16-24-23(25-18-9-5-4-6-10-18)26-19-11-8-14-28(17-19)20-12-7-13-21(15-20)30-3;/h7,12-13,15,18-19H,4-6,8-11,14,16-17H2,1-3H3,(H2,24,25,26);1H. The molecule has 1 atom stereocenters. The first-order chi connectivity index (χ1) is 14.5. The van der Waals surface area contributed by atoms with Crippen molar-refractivity contribution in [2.45, 2.75) is 57.0 Å². The molecular weight excluding hydrogens is 505 g/mol. The molecule has 1 saturated carbocycles. The highest BCUT2D eigenvalue weighted by atomic mass is 127. The lowest BCUT2D eigenvalue weighted by Crippen LogP contribution is -2.53. The van der Waals surface area contributed by atoms with Crippen LogP contribution in [-0.4, -0.2) is 69.7 Å². The van der Waals surface area contributed by atoms with Crippen LogP contribution in [0.5, 0.6) is 5.75 Å². The summed E-state index contributed by atoms with van der Waals surface area (Å²) in [4.78, 5) is 20.7. The van der Waals surface area contributed by atoms with Crippen LogP contribution >= 0.6 is 24.0 Å². The van der Waals surface area contributed by atoms with Gasteiger partial charge in [-0.15, -0.1) is 24.0 Å². The highest BCUT2D eigenvalue weighted by Gasteiger charge is 2.23. The number of nitrogens with zero attached hydrogens (tertiary/aromatic N) is 3. The van der Waals surface area contributed by atoms with Crippen molar-refractivity contribution >= 4 is 41.5 Å². The highest BCUT2D eigenvalue weighted by Crippen LogP contribution is 2.24. The van der Waals surface area contributed by atoms with E-state index in [0.717, 1.165) is 37.6 Å². The zero-order chi connectivity index (χ0) is 21.3. The number of rotatable bonds is 6.